The number of carbonyl (C=O) groups is 1. The molecule has 2 rings (SSSR count). The fourth-order valence-electron chi connectivity index (χ4n) is 3.16. The van der Waals surface area contributed by atoms with Crippen LogP contribution in [-0.4, -0.2) is 12.4 Å². The van der Waals surface area contributed by atoms with Gasteiger partial charge in [0.1, 0.15) is 5.75 Å². The first-order chi connectivity index (χ1) is 13.7. The molecule has 2 aromatic rings. The van der Waals surface area contributed by atoms with Crippen molar-refractivity contribution in [2.75, 3.05) is 6.61 Å². The molecule has 2 nitrogen and oxygen atoms in total. The van der Waals surface area contributed by atoms with Crippen LogP contribution < -0.4 is 4.74 Å². The van der Waals surface area contributed by atoms with Crippen LogP contribution in [0, 0.1) is 6.92 Å². The number of allylic oxidation sites excluding steroid dienone is 1. The molecule has 150 valence electrons. The molecule has 0 heterocycles. The van der Waals surface area contributed by atoms with Gasteiger partial charge in [-0.15, -0.1) is 0 Å². The van der Waals surface area contributed by atoms with E-state index in [-0.39, 0.29) is 5.78 Å². The molecule has 2 aromatic carbocycles. The van der Waals surface area contributed by atoms with Crippen LogP contribution in [0.2, 0.25) is 0 Å². The Bertz CT molecular complexity index is 731. The minimum atomic E-state index is 0.0163. The van der Waals surface area contributed by atoms with Crippen molar-refractivity contribution in [1.82, 2.24) is 0 Å². The molecule has 2 heteroatoms. The molecule has 0 N–H and O–H groups in total. The number of ketones is 1. The molecule has 0 spiro atoms. The van der Waals surface area contributed by atoms with E-state index in [0.717, 1.165) is 29.9 Å². The van der Waals surface area contributed by atoms with Crippen molar-refractivity contribution in [1.29, 1.82) is 0 Å². The molecule has 0 saturated heterocycles. The molecular weight excluding hydrogens is 344 g/mol. The summed E-state index contributed by atoms with van der Waals surface area (Å²) in [5.74, 6) is 0.930. The van der Waals surface area contributed by atoms with Gasteiger partial charge in [0.2, 0.25) is 0 Å². The highest BCUT2D eigenvalue weighted by Crippen LogP contribution is 2.21. The second-order valence-corrected chi connectivity index (χ2v) is 7.41. The van der Waals surface area contributed by atoms with Crippen LogP contribution in [0.25, 0.3) is 6.08 Å². The molecule has 0 aromatic heterocycles. The van der Waals surface area contributed by atoms with E-state index in [2.05, 4.69) is 19.9 Å². The number of benzene rings is 2. The molecule has 0 saturated carbocycles. The van der Waals surface area contributed by atoms with Gasteiger partial charge in [-0.3, -0.25) is 4.79 Å². The Balaban J connectivity index is 1.76. The molecule has 0 fully saturated rings. The molecule has 0 aliphatic rings. The van der Waals surface area contributed by atoms with Crippen LogP contribution in [0.15, 0.2) is 54.6 Å². The molecule has 0 aliphatic heterocycles. The zero-order valence-corrected chi connectivity index (χ0v) is 17.5. The van der Waals surface area contributed by atoms with Gasteiger partial charge in [0.15, 0.2) is 5.78 Å². The predicted molar refractivity (Wildman–Crippen MR) is 119 cm³/mol. The Morgan fingerprint density at radius 3 is 2.29 bits per heavy atom. The quantitative estimate of drug-likeness (QED) is 0.206. The average molecular weight is 379 g/mol. The van der Waals surface area contributed by atoms with Crippen molar-refractivity contribution in [3.63, 3.8) is 0 Å². The number of rotatable bonds is 13. The maximum atomic E-state index is 12.2. The smallest absolute Gasteiger partial charge is 0.185 e. The highest BCUT2D eigenvalue weighted by atomic mass is 16.5. The monoisotopic (exact) mass is 378 g/mol. The van der Waals surface area contributed by atoms with Gasteiger partial charge >= 0.3 is 0 Å². The summed E-state index contributed by atoms with van der Waals surface area (Å²) in [6.07, 6.45) is 13.9. The highest BCUT2D eigenvalue weighted by molar-refractivity contribution is 6.06. The second kappa shape index (κ2) is 12.9. The molecule has 0 amide bonds. The Kier molecular flexibility index (Phi) is 10.1. The molecule has 0 radical (unpaired) electrons. The van der Waals surface area contributed by atoms with Crippen LogP contribution in [-0.2, 0) is 0 Å². The van der Waals surface area contributed by atoms with Crippen LogP contribution in [0.1, 0.15) is 79.8 Å². The summed E-state index contributed by atoms with van der Waals surface area (Å²) in [6.45, 7) is 5.07. The van der Waals surface area contributed by atoms with Crippen LogP contribution in [0.5, 0.6) is 5.75 Å². The van der Waals surface area contributed by atoms with Crippen molar-refractivity contribution >= 4 is 11.9 Å². The minimum Gasteiger partial charge on any atom is -0.493 e. The Morgan fingerprint density at radius 1 is 0.893 bits per heavy atom. The summed E-state index contributed by atoms with van der Waals surface area (Å²) < 4.78 is 6.00. The third-order valence-corrected chi connectivity index (χ3v) is 4.95. The number of carbonyl (C=O) groups excluding carboxylic acids is 1. The Morgan fingerprint density at radius 2 is 1.57 bits per heavy atom. The van der Waals surface area contributed by atoms with E-state index >= 15 is 0 Å². The van der Waals surface area contributed by atoms with Gasteiger partial charge in [-0.2, -0.15) is 0 Å². The fraction of sp³-hybridized carbons (Fsp3) is 0.423. The first-order valence-electron chi connectivity index (χ1n) is 10.7. The van der Waals surface area contributed by atoms with Gasteiger partial charge < -0.3 is 4.74 Å². The normalized spacial score (nSPS) is 11.1. The lowest BCUT2D eigenvalue weighted by Gasteiger charge is -2.10. The van der Waals surface area contributed by atoms with Crippen molar-refractivity contribution in [3.8, 4) is 5.75 Å². The SMILES string of the molecule is CCCCCCCCCCOc1cc(C=CC(=O)c2ccccc2)ccc1C. The molecule has 0 bridgehead atoms. The lowest BCUT2D eigenvalue weighted by atomic mass is 10.1. The maximum Gasteiger partial charge on any atom is 0.185 e. The third kappa shape index (κ3) is 8.12. The summed E-state index contributed by atoms with van der Waals surface area (Å²) in [5.41, 5.74) is 2.82. The summed E-state index contributed by atoms with van der Waals surface area (Å²) in [6, 6.07) is 15.4. The van der Waals surface area contributed by atoms with E-state index in [0.29, 0.717) is 5.56 Å². The number of aryl methyl sites for hydroxylation is 1. The number of hydrogen-bond donors (Lipinski definition) is 0. The average Bonchev–Trinajstić information content (AvgIpc) is 2.73. The van der Waals surface area contributed by atoms with E-state index in [4.69, 9.17) is 4.74 Å². The lowest BCUT2D eigenvalue weighted by molar-refractivity contribution is 0.104. The van der Waals surface area contributed by atoms with Crippen molar-refractivity contribution in [2.45, 2.75) is 65.2 Å². The standard InChI is InChI=1S/C26H34O2/c1-3-4-5-6-7-8-9-13-20-28-26-21-23(17-16-22(26)2)18-19-25(27)24-14-11-10-12-15-24/h10-12,14-19,21H,3-9,13,20H2,1-2H3. The highest BCUT2D eigenvalue weighted by Gasteiger charge is 2.03. The number of hydrogen-bond acceptors (Lipinski definition) is 2. The number of unbranched alkanes of at least 4 members (excludes halogenated alkanes) is 7. The topological polar surface area (TPSA) is 26.3 Å². The van der Waals surface area contributed by atoms with Gasteiger partial charge in [-0.1, -0.05) is 100 Å². The first-order valence-corrected chi connectivity index (χ1v) is 10.7. The van der Waals surface area contributed by atoms with Gasteiger partial charge in [0, 0.05) is 5.56 Å². The first kappa shape index (κ1) is 21.9. The van der Waals surface area contributed by atoms with Crippen molar-refractivity contribution in [2.24, 2.45) is 0 Å². The van der Waals surface area contributed by atoms with E-state index in [1.807, 2.05) is 48.5 Å². The van der Waals surface area contributed by atoms with Crippen LogP contribution in [0.4, 0.5) is 0 Å². The summed E-state index contributed by atoms with van der Waals surface area (Å²) >= 11 is 0. The van der Waals surface area contributed by atoms with Gasteiger partial charge in [-0.05, 0) is 36.6 Å². The largest absolute Gasteiger partial charge is 0.493 e. The van der Waals surface area contributed by atoms with E-state index in [1.165, 1.54) is 44.9 Å². The molecule has 28 heavy (non-hydrogen) atoms. The fourth-order valence-corrected chi connectivity index (χ4v) is 3.16. The van der Waals surface area contributed by atoms with Crippen molar-refractivity contribution < 1.29 is 9.53 Å². The molecule has 0 atom stereocenters. The van der Waals surface area contributed by atoms with E-state index in [9.17, 15) is 4.79 Å². The van der Waals surface area contributed by atoms with Crippen molar-refractivity contribution in [3.05, 3.63) is 71.3 Å². The zero-order valence-electron chi connectivity index (χ0n) is 17.5. The van der Waals surface area contributed by atoms with Gasteiger partial charge in [0.05, 0.1) is 6.61 Å². The Labute approximate surface area is 170 Å². The zero-order chi connectivity index (χ0) is 20.0. The molecule has 0 aliphatic carbocycles. The van der Waals surface area contributed by atoms with Gasteiger partial charge in [0.25, 0.3) is 0 Å². The second-order valence-electron chi connectivity index (χ2n) is 7.41. The van der Waals surface area contributed by atoms with E-state index < -0.39 is 0 Å². The molecule has 0 unspecified atom stereocenters. The summed E-state index contributed by atoms with van der Waals surface area (Å²) in [7, 11) is 0. The Hall–Kier alpha value is -2.35. The maximum absolute atomic E-state index is 12.2. The van der Waals surface area contributed by atoms with Gasteiger partial charge in [-0.25, -0.2) is 0 Å². The lowest BCUT2D eigenvalue weighted by Crippen LogP contribution is -1.99. The van der Waals surface area contributed by atoms with Crippen LogP contribution >= 0.6 is 0 Å². The number of ether oxygens (including phenoxy) is 1. The summed E-state index contributed by atoms with van der Waals surface area (Å²) in [4.78, 5) is 12.2. The third-order valence-electron chi connectivity index (χ3n) is 4.95. The van der Waals surface area contributed by atoms with Crippen LogP contribution in [0.3, 0.4) is 0 Å². The summed E-state index contributed by atoms with van der Waals surface area (Å²) in [5, 5.41) is 0. The minimum absolute atomic E-state index is 0.0163. The predicted octanol–water partition coefficient (Wildman–Crippen LogP) is 7.41. The molecular formula is C26H34O2. The van der Waals surface area contributed by atoms with E-state index in [1.54, 1.807) is 6.08 Å².